The van der Waals surface area contributed by atoms with Gasteiger partial charge in [-0.3, -0.25) is 4.79 Å². The molecule has 3 rings (SSSR count). The molecule has 21 heavy (non-hydrogen) atoms. The van der Waals surface area contributed by atoms with Crippen LogP contribution in [0.5, 0.6) is 0 Å². The standard InChI is InChI=1S/C17H12FNOS/c18-14-8-4-7-13(9-14)16(20)10-17-19-15(11-21-17)12-5-2-1-3-6-12/h1-9,11H,10H2. The number of halogens is 1. The van der Waals surface area contributed by atoms with Crippen molar-refractivity contribution in [3.05, 3.63) is 76.4 Å². The van der Waals surface area contributed by atoms with Crippen LogP contribution in [-0.4, -0.2) is 10.8 Å². The van der Waals surface area contributed by atoms with E-state index in [1.165, 1.54) is 23.5 Å². The maximum absolute atomic E-state index is 13.1. The maximum Gasteiger partial charge on any atom is 0.169 e. The van der Waals surface area contributed by atoms with E-state index in [1.807, 2.05) is 35.7 Å². The number of carbonyl (C=O) groups is 1. The number of benzene rings is 2. The van der Waals surface area contributed by atoms with Crippen LogP contribution in [-0.2, 0) is 6.42 Å². The highest BCUT2D eigenvalue weighted by atomic mass is 32.1. The molecule has 0 saturated heterocycles. The van der Waals surface area contributed by atoms with Crippen molar-refractivity contribution in [1.82, 2.24) is 4.98 Å². The molecular weight excluding hydrogens is 285 g/mol. The zero-order valence-electron chi connectivity index (χ0n) is 11.1. The largest absolute Gasteiger partial charge is 0.294 e. The Morgan fingerprint density at radius 2 is 1.90 bits per heavy atom. The number of hydrogen-bond donors (Lipinski definition) is 0. The molecule has 2 aromatic carbocycles. The van der Waals surface area contributed by atoms with Gasteiger partial charge in [-0.2, -0.15) is 0 Å². The first-order valence-corrected chi connectivity index (χ1v) is 7.39. The third-order valence-corrected chi connectivity index (χ3v) is 3.93. The normalized spacial score (nSPS) is 10.5. The van der Waals surface area contributed by atoms with Crippen LogP contribution in [0.4, 0.5) is 4.39 Å². The van der Waals surface area contributed by atoms with Gasteiger partial charge in [-0.1, -0.05) is 42.5 Å². The minimum Gasteiger partial charge on any atom is -0.294 e. The number of ketones is 1. The van der Waals surface area contributed by atoms with Crippen LogP contribution in [0.3, 0.4) is 0 Å². The van der Waals surface area contributed by atoms with Crippen molar-refractivity contribution in [2.24, 2.45) is 0 Å². The van der Waals surface area contributed by atoms with E-state index in [4.69, 9.17) is 0 Å². The topological polar surface area (TPSA) is 30.0 Å². The van der Waals surface area contributed by atoms with Crippen molar-refractivity contribution in [3.63, 3.8) is 0 Å². The van der Waals surface area contributed by atoms with Crippen molar-refractivity contribution in [1.29, 1.82) is 0 Å². The third kappa shape index (κ3) is 3.23. The quantitative estimate of drug-likeness (QED) is 0.669. The van der Waals surface area contributed by atoms with Crippen molar-refractivity contribution in [3.8, 4) is 11.3 Å². The summed E-state index contributed by atoms with van der Waals surface area (Å²) in [6, 6.07) is 15.6. The molecule has 0 fully saturated rings. The van der Waals surface area contributed by atoms with Crippen LogP contribution in [0.1, 0.15) is 15.4 Å². The van der Waals surface area contributed by atoms with Gasteiger partial charge < -0.3 is 0 Å². The van der Waals surface area contributed by atoms with Gasteiger partial charge in [0.05, 0.1) is 12.1 Å². The lowest BCUT2D eigenvalue weighted by atomic mass is 10.1. The van der Waals surface area contributed by atoms with Crippen LogP contribution in [0.2, 0.25) is 0 Å². The summed E-state index contributed by atoms with van der Waals surface area (Å²) in [5, 5.41) is 2.67. The van der Waals surface area contributed by atoms with E-state index in [-0.39, 0.29) is 12.2 Å². The molecule has 0 spiro atoms. The van der Waals surface area contributed by atoms with E-state index >= 15 is 0 Å². The Labute approximate surface area is 125 Å². The van der Waals surface area contributed by atoms with Gasteiger partial charge in [-0.25, -0.2) is 9.37 Å². The molecule has 0 aliphatic carbocycles. The minimum atomic E-state index is -0.398. The fourth-order valence-corrected chi connectivity index (χ4v) is 2.84. The Bertz CT molecular complexity index is 767. The second-order valence-corrected chi connectivity index (χ2v) is 5.55. The van der Waals surface area contributed by atoms with E-state index in [0.717, 1.165) is 16.3 Å². The molecule has 0 unspecified atom stereocenters. The Hall–Kier alpha value is -2.33. The summed E-state index contributed by atoms with van der Waals surface area (Å²) in [4.78, 5) is 16.6. The second kappa shape index (κ2) is 5.97. The number of hydrogen-bond acceptors (Lipinski definition) is 3. The predicted octanol–water partition coefficient (Wildman–Crippen LogP) is 4.37. The summed E-state index contributed by atoms with van der Waals surface area (Å²) >= 11 is 1.45. The fraction of sp³-hybridized carbons (Fsp3) is 0.0588. The lowest BCUT2D eigenvalue weighted by Crippen LogP contribution is -2.03. The fourth-order valence-electron chi connectivity index (χ4n) is 2.03. The number of nitrogens with zero attached hydrogens (tertiary/aromatic N) is 1. The molecule has 0 atom stereocenters. The monoisotopic (exact) mass is 297 g/mol. The van der Waals surface area contributed by atoms with Gasteiger partial charge in [0.2, 0.25) is 0 Å². The lowest BCUT2D eigenvalue weighted by Gasteiger charge is -1.99. The molecule has 2 nitrogen and oxygen atoms in total. The smallest absolute Gasteiger partial charge is 0.169 e. The van der Waals surface area contributed by atoms with Crippen LogP contribution >= 0.6 is 11.3 Å². The van der Waals surface area contributed by atoms with Gasteiger partial charge in [0, 0.05) is 16.5 Å². The van der Waals surface area contributed by atoms with Gasteiger partial charge in [-0.05, 0) is 12.1 Å². The van der Waals surface area contributed by atoms with Crippen molar-refractivity contribution in [2.75, 3.05) is 0 Å². The summed E-state index contributed by atoms with van der Waals surface area (Å²) in [6.45, 7) is 0. The van der Waals surface area contributed by atoms with Crippen molar-refractivity contribution in [2.45, 2.75) is 6.42 Å². The molecule has 0 aliphatic rings. The van der Waals surface area contributed by atoms with E-state index < -0.39 is 5.82 Å². The van der Waals surface area contributed by atoms with Gasteiger partial charge >= 0.3 is 0 Å². The molecule has 0 amide bonds. The summed E-state index contributed by atoms with van der Waals surface area (Å²) in [7, 11) is 0. The molecule has 0 N–H and O–H groups in total. The zero-order chi connectivity index (χ0) is 14.7. The van der Waals surface area contributed by atoms with Gasteiger partial charge in [0.15, 0.2) is 5.78 Å². The second-order valence-electron chi connectivity index (χ2n) is 4.60. The highest BCUT2D eigenvalue weighted by Gasteiger charge is 2.11. The molecule has 1 heterocycles. The lowest BCUT2D eigenvalue weighted by molar-refractivity contribution is 0.0992. The molecular formula is C17H12FNOS. The number of carbonyl (C=O) groups excluding carboxylic acids is 1. The SMILES string of the molecule is O=C(Cc1nc(-c2ccccc2)cs1)c1cccc(F)c1. The van der Waals surface area contributed by atoms with Crippen molar-refractivity contribution >= 4 is 17.1 Å². The average Bonchev–Trinajstić information content (AvgIpc) is 2.97. The first-order chi connectivity index (χ1) is 10.2. The van der Waals surface area contributed by atoms with Gasteiger partial charge in [0.25, 0.3) is 0 Å². The van der Waals surface area contributed by atoms with E-state index in [1.54, 1.807) is 12.1 Å². The molecule has 1 aromatic heterocycles. The molecule has 4 heteroatoms. The number of Topliss-reactive ketones (excluding diaryl/α,β-unsaturated/α-hetero) is 1. The molecule has 0 bridgehead atoms. The highest BCUT2D eigenvalue weighted by molar-refractivity contribution is 7.10. The minimum absolute atomic E-state index is 0.122. The zero-order valence-corrected chi connectivity index (χ0v) is 11.9. The molecule has 0 saturated carbocycles. The third-order valence-electron chi connectivity index (χ3n) is 3.08. The molecule has 104 valence electrons. The maximum atomic E-state index is 13.1. The average molecular weight is 297 g/mol. The summed E-state index contributed by atoms with van der Waals surface area (Å²) in [6.07, 6.45) is 0.195. The summed E-state index contributed by atoms with van der Waals surface area (Å²) < 4.78 is 13.1. The van der Waals surface area contributed by atoms with E-state index in [9.17, 15) is 9.18 Å². The molecule has 3 aromatic rings. The summed E-state index contributed by atoms with van der Waals surface area (Å²) in [5.41, 5.74) is 2.27. The highest BCUT2D eigenvalue weighted by Crippen LogP contribution is 2.22. The Kier molecular flexibility index (Phi) is 3.88. The van der Waals surface area contributed by atoms with Crippen LogP contribution in [0, 0.1) is 5.82 Å². The Morgan fingerprint density at radius 1 is 1.10 bits per heavy atom. The van der Waals surface area contributed by atoms with Crippen LogP contribution < -0.4 is 0 Å². The molecule has 0 aliphatic heterocycles. The van der Waals surface area contributed by atoms with Crippen LogP contribution in [0.25, 0.3) is 11.3 Å². The summed E-state index contributed by atoms with van der Waals surface area (Å²) in [5.74, 6) is -0.520. The van der Waals surface area contributed by atoms with Gasteiger partial charge in [-0.15, -0.1) is 11.3 Å². The van der Waals surface area contributed by atoms with Crippen LogP contribution in [0.15, 0.2) is 60.0 Å². The molecule has 0 radical (unpaired) electrons. The number of thiazole rings is 1. The number of aromatic nitrogens is 1. The Morgan fingerprint density at radius 3 is 2.67 bits per heavy atom. The van der Waals surface area contributed by atoms with E-state index in [0.29, 0.717) is 5.56 Å². The first kappa shape index (κ1) is 13.6. The number of rotatable bonds is 4. The Balaban J connectivity index is 1.77. The first-order valence-electron chi connectivity index (χ1n) is 6.51. The predicted molar refractivity (Wildman–Crippen MR) is 82.0 cm³/mol. The van der Waals surface area contributed by atoms with Gasteiger partial charge in [0.1, 0.15) is 10.8 Å². The van der Waals surface area contributed by atoms with E-state index in [2.05, 4.69) is 4.98 Å². The van der Waals surface area contributed by atoms with Crippen molar-refractivity contribution < 1.29 is 9.18 Å².